The predicted octanol–water partition coefficient (Wildman–Crippen LogP) is 5.56. The predicted molar refractivity (Wildman–Crippen MR) is 133 cm³/mol. The molecule has 176 valence electrons. The fourth-order valence-corrected chi connectivity index (χ4v) is 5.07. The summed E-state index contributed by atoms with van der Waals surface area (Å²) in [5, 5.41) is 12.1. The summed E-state index contributed by atoms with van der Waals surface area (Å²) in [7, 11) is 0. The van der Waals surface area contributed by atoms with Gasteiger partial charge in [-0.25, -0.2) is 9.37 Å². The lowest BCUT2D eigenvalue weighted by atomic mass is 9.90. The van der Waals surface area contributed by atoms with Gasteiger partial charge in [-0.2, -0.15) is 5.10 Å². The monoisotopic (exact) mass is 469 g/mol. The molecule has 0 unspecified atom stereocenters. The number of carbonyl (C=O) groups excluding carboxylic acids is 1. The van der Waals surface area contributed by atoms with E-state index in [1.54, 1.807) is 6.20 Å². The zero-order valence-electron chi connectivity index (χ0n) is 19.2. The van der Waals surface area contributed by atoms with Gasteiger partial charge in [-0.05, 0) is 61.4 Å². The molecule has 0 saturated carbocycles. The second kappa shape index (κ2) is 8.63. The number of hydrogen-bond donors (Lipinski definition) is 2. The van der Waals surface area contributed by atoms with E-state index in [2.05, 4.69) is 37.2 Å². The van der Waals surface area contributed by atoms with E-state index in [0.29, 0.717) is 19.0 Å². The molecule has 2 aromatic carbocycles. The number of halogens is 1. The molecule has 2 N–H and O–H groups in total. The van der Waals surface area contributed by atoms with Crippen molar-refractivity contribution in [3.8, 4) is 16.8 Å². The molecule has 1 amide bonds. The number of benzene rings is 2. The summed E-state index contributed by atoms with van der Waals surface area (Å²) in [6.07, 6.45) is 5.39. The van der Waals surface area contributed by atoms with Gasteiger partial charge in [0.2, 0.25) is 5.91 Å². The van der Waals surface area contributed by atoms with Crippen LogP contribution in [0.15, 0.2) is 60.9 Å². The van der Waals surface area contributed by atoms with Crippen molar-refractivity contribution in [2.75, 3.05) is 18.5 Å². The summed E-state index contributed by atoms with van der Waals surface area (Å²) in [6.45, 7) is 2.85. The van der Waals surface area contributed by atoms with Gasteiger partial charge < -0.3 is 14.6 Å². The molecule has 8 heteroatoms. The summed E-state index contributed by atoms with van der Waals surface area (Å²) in [6, 6.07) is 14.7. The summed E-state index contributed by atoms with van der Waals surface area (Å²) in [4.78, 5) is 16.0. The van der Waals surface area contributed by atoms with Crippen LogP contribution in [0, 0.1) is 5.82 Å². The van der Waals surface area contributed by atoms with E-state index in [4.69, 9.17) is 4.74 Å². The second-order valence-corrected chi connectivity index (χ2v) is 8.90. The minimum Gasteiger partial charge on any atom is -0.381 e. The van der Waals surface area contributed by atoms with E-state index in [0.717, 1.165) is 57.2 Å². The highest BCUT2D eigenvalue weighted by atomic mass is 19.1. The number of ether oxygens (including phenoxy) is 1. The Balaban J connectivity index is 1.67. The van der Waals surface area contributed by atoms with E-state index in [1.807, 2.05) is 30.5 Å². The van der Waals surface area contributed by atoms with Gasteiger partial charge >= 0.3 is 0 Å². The van der Waals surface area contributed by atoms with Crippen LogP contribution in [0.2, 0.25) is 0 Å². The van der Waals surface area contributed by atoms with E-state index >= 15 is 0 Å². The molecule has 0 spiro atoms. The number of carbonyl (C=O) groups is 1. The Kier molecular flexibility index (Phi) is 5.30. The van der Waals surface area contributed by atoms with Crippen LogP contribution < -0.4 is 5.32 Å². The lowest BCUT2D eigenvalue weighted by Gasteiger charge is -2.25. The number of aromatic nitrogens is 4. The molecule has 35 heavy (non-hydrogen) atoms. The molecule has 3 aromatic heterocycles. The molecule has 0 atom stereocenters. The molecule has 4 heterocycles. The van der Waals surface area contributed by atoms with E-state index < -0.39 is 0 Å². The van der Waals surface area contributed by atoms with Crippen molar-refractivity contribution in [2.24, 2.45) is 0 Å². The van der Waals surface area contributed by atoms with Gasteiger partial charge in [0.15, 0.2) is 0 Å². The Labute approximate surface area is 200 Å². The lowest BCUT2D eigenvalue weighted by Crippen LogP contribution is -2.17. The third-order valence-corrected chi connectivity index (χ3v) is 6.61. The summed E-state index contributed by atoms with van der Waals surface area (Å²) in [5.74, 6) is 0.325. The maximum absolute atomic E-state index is 13.9. The van der Waals surface area contributed by atoms with Crippen LogP contribution in [0.4, 0.5) is 10.2 Å². The highest BCUT2D eigenvalue weighted by Gasteiger charge is 2.28. The van der Waals surface area contributed by atoms with Crippen LogP contribution in [0.5, 0.6) is 0 Å². The molecule has 1 fully saturated rings. The molecule has 0 bridgehead atoms. The second-order valence-electron chi connectivity index (χ2n) is 8.90. The zero-order chi connectivity index (χ0) is 23.9. The maximum atomic E-state index is 13.9. The van der Waals surface area contributed by atoms with E-state index in [1.165, 1.54) is 19.1 Å². The first-order valence-corrected chi connectivity index (χ1v) is 11.7. The van der Waals surface area contributed by atoms with Gasteiger partial charge in [-0.15, -0.1) is 0 Å². The number of H-pyrrole nitrogens is 1. The molecule has 1 aliphatic heterocycles. The molecule has 1 saturated heterocycles. The average Bonchev–Trinajstić information content (AvgIpc) is 3.46. The van der Waals surface area contributed by atoms with E-state index in [9.17, 15) is 9.18 Å². The number of nitrogens with zero attached hydrogens (tertiary/aromatic N) is 3. The number of pyridine rings is 1. The van der Waals surface area contributed by atoms with Gasteiger partial charge in [0.1, 0.15) is 11.6 Å². The first-order chi connectivity index (χ1) is 17.1. The van der Waals surface area contributed by atoms with Crippen molar-refractivity contribution in [1.29, 1.82) is 0 Å². The number of fused-ring (bicyclic) bond motifs is 2. The Bertz CT molecular complexity index is 1530. The Morgan fingerprint density at radius 3 is 2.63 bits per heavy atom. The number of amides is 1. The quantitative estimate of drug-likeness (QED) is 0.361. The highest BCUT2D eigenvalue weighted by Crippen LogP contribution is 2.44. The number of hydrogen-bond acceptors (Lipinski definition) is 4. The van der Waals surface area contributed by atoms with E-state index in [-0.39, 0.29) is 17.6 Å². The van der Waals surface area contributed by atoms with Crippen molar-refractivity contribution in [3.63, 3.8) is 0 Å². The van der Waals surface area contributed by atoms with Gasteiger partial charge in [-0.3, -0.25) is 9.89 Å². The SMILES string of the molecule is CC(=O)Nc1ccc(-c2c(C3CCOCC3)n(-c3ccc(F)cc3)c3cc4cn[nH]c4cc23)cn1. The molecule has 1 aliphatic rings. The van der Waals surface area contributed by atoms with Crippen LogP contribution in [0.3, 0.4) is 0 Å². The van der Waals surface area contributed by atoms with Crippen LogP contribution in [-0.4, -0.2) is 38.9 Å². The highest BCUT2D eigenvalue weighted by molar-refractivity contribution is 6.05. The summed E-state index contributed by atoms with van der Waals surface area (Å²) in [5.41, 5.74) is 6.05. The summed E-state index contributed by atoms with van der Waals surface area (Å²) >= 11 is 0. The topological polar surface area (TPSA) is 84.8 Å². The lowest BCUT2D eigenvalue weighted by molar-refractivity contribution is -0.114. The number of rotatable bonds is 4. The zero-order valence-corrected chi connectivity index (χ0v) is 19.2. The van der Waals surface area contributed by atoms with Crippen molar-refractivity contribution >= 4 is 33.5 Å². The molecule has 6 rings (SSSR count). The fraction of sp³-hybridized carbons (Fsp3) is 0.222. The normalized spacial score (nSPS) is 14.6. The largest absolute Gasteiger partial charge is 0.381 e. The smallest absolute Gasteiger partial charge is 0.222 e. The standard InChI is InChI=1S/C27H24FN5O2/c1-16(34)31-25-7-2-18(14-29-25)26-22-13-23-19(15-30-32-23)12-24(22)33(21-5-3-20(28)4-6-21)27(26)17-8-10-35-11-9-17/h2-7,12-15,17H,8-11H2,1H3,(H,30,32)(H,29,31,34). The Morgan fingerprint density at radius 2 is 1.91 bits per heavy atom. The van der Waals surface area contributed by atoms with Crippen LogP contribution in [0.1, 0.15) is 31.4 Å². The van der Waals surface area contributed by atoms with Crippen molar-refractivity contribution in [1.82, 2.24) is 19.7 Å². The average molecular weight is 470 g/mol. The van der Waals surface area contributed by atoms with Gasteiger partial charge in [0, 0.05) is 65.5 Å². The fourth-order valence-electron chi connectivity index (χ4n) is 5.07. The number of aromatic amines is 1. The van der Waals surface area contributed by atoms with Gasteiger partial charge in [0.05, 0.1) is 17.2 Å². The number of nitrogens with one attached hydrogen (secondary N) is 2. The number of anilines is 1. The van der Waals surface area contributed by atoms with Crippen molar-refractivity contribution in [2.45, 2.75) is 25.7 Å². The van der Waals surface area contributed by atoms with Gasteiger partial charge in [0.25, 0.3) is 0 Å². The Morgan fingerprint density at radius 1 is 1.11 bits per heavy atom. The third-order valence-electron chi connectivity index (χ3n) is 6.61. The van der Waals surface area contributed by atoms with Crippen LogP contribution in [-0.2, 0) is 9.53 Å². The van der Waals surface area contributed by atoms with Crippen molar-refractivity contribution < 1.29 is 13.9 Å². The molecular weight excluding hydrogens is 445 g/mol. The molecule has 0 aliphatic carbocycles. The maximum Gasteiger partial charge on any atom is 0.222 e. The Hall–Kier alpha value is -4.04. The minimum atomic E-state index is -0.270. The molecule has 5 aromatic rings. The summed E-state index contributed by atoms with van der Waals surface area (Å²) < 4.78 is 21.8. The molecular formula is C27H24FN5O2. The molecule has 0 radical (unpaired) electrons. The van der Waals surface area contributed by atoms with Crippen molar-refractivity contribution in [3.05, 3.63) is 72.4 Å². The van der Waals surface area contributed by atoms with Crippen LogP contribution in [0.25, 0.3) is 38.6 Å². The first kappa shape index (κ1) is 21.5. The van der Waals surface area contributed by atoms with Gasteiger partial charge in [-0.1, -0.05) is 0 Å². The van der Waals surface area contributed by atoms with Crippen LogP contribution >= 0.6 is 0 Å². The first-order valence-electron chi connectivity index (χ1n) is 11.7. The third kappa shape index (κ3) is 3.85. The minimum absolute atomic E-state index is 0.164. The molecule has 7 nitrogen and oxygen atoms in total.